The van der Waals surface area contributed by atoms with Gasteiger partial charge in [-0.25, -0.2) is 0 Å². The zero-order valence-corrected chi connectivity index (χ0v) is 17.3. The van der Waals surface area contributed by atoms with Crippen molar-refractivity contribution in [3.05, 3.63) is 36.5 Å². The monoisotopic (exact) mass is 376 g/mol. The van der Waals surface area contributed by atoms with Crippen molar-refractivity contribution in [2.75, 3.05) is 0 Å². The Balaban J connectivity index is 1.85. The molecule has 2 unspecified atom stereocenters. The molecule has 0 amide bonds. The Morgan fingerprint density at radius 1 is 0.815 bits per heavy atom. The van der Waals surface area contributed by atoms with Gasteiger partial charge in [-0.15, -0.1) is 0 Å². The van der Waals surface area contributed by atoms with Gasteiger partial charge in [0.05, 0.1) is 12.2 Å². The first-order chi connectivity index (χ1) is 13.2. The number of ether oxygens (including phenoxy) is 1. The number of aliphatic carboxylic acids is 1. The molecule has 27 heavy (non-hydrogen) atoms. The normalized spacial score (nSPS) is 19.6. The lowest BCUT2D eigenvalue weighted by Gasteiger charge is -1.98. The van der Waals surface area contributed by atoms with E-state index in [1.807, 2.05) is 0 Å². The lowest BCUT2D eigenvalue weighted by molar-refractivity contribution is -0.137. The Bertz CT molecular complexity index is 451. The molecule has 1 fully saturated rings. The summed E-state index contributed by atoms with van der Waals surface area (Å²) in [5, 5.41) is 8.61. The molecule has 0 aromatic heterocycles. The van der Waals surface area contributed by atoms with Crippen molar-refractivity contribution in [3.63, 3.8) is 0 Å². The Morgan fingerprint density at radius 3 is 2.15 bits per heavy atom. The molecule has 0 spiro atoms. The summed E-state index contributed by atoms with van der Waals surface area (Å²) in [6.45, 7) is 2.27. The molecule has 1 aliphatic heterocycles. The minimum atomic E-state index is -0.716. The standard InChI is InChI=1S/C24H40O3/c1-2-3-4-5-6-7-8-9-10-11-12-13-14-15-16-17-19-22-23(27-22)20-18-21-24(25)26/h10-11,13-14,16-17,22-23H,2-9,12,15,18-21H2,1H3,(H,25,26)/b11-10+,14-13+,17-16+. The van der Waals surface area contributed by atoms with Gasteiger partial charge in [0.1, 0.15) is 0 Å². The van der Waals surface area contributed by atoms with E-state index in [-0.39, 0.29) is 12.5 Å². The van der Waals surface area contributed by atoms with E-state index < -0.39 is 5.97 Å². The molecule has 0 bridgehead atoms. The zero-order chi connectivity index (χ0) is 19.6. The van der Waals surface area contributed by atoms with E-state index in [0.29, 0.717) is 6.10 Å². The highest BCUT2D eigenvalue weighted by molar-refractivity contribution is 5.66. The van der Waals surface area contributed by atoms with E-state index in [9.17, 15) is 4.79 Å². The van der Waals surface area contributed by atoms with E-state index in [1.165, 1.54) is 51.4 Å². The molecule has 3 heteroatoms. The predicted molar refractivity (Wildman–Crippen MR) is 114 cm³/mol. The molecule has 3 nitrogen and oxygen atoms in total. The van der Waals surface area contributed by atoms with Crippen LogP contribution in [0.15, 0.2) is 36.5 Å². The zero-order valence-electron chi connectivity index (χ0n) is 17.3. The molecule has 1 N–H and O–H groups in total. The van der Waals surface area contributed by atoms with Gasteiger partial charge in [-0.05, 0) is 44.9 Å². The molecular formula is C24H40O3. The van der Waals surface area contributed by atoms with Gasteiger partial charge >= 0.3 is 5.97 Å². The molecule has 154 valence electrons. The Kier molecular flexibility index (Phi) is 14.7. The molecule has 1 rings (SSSR count). The average molecular weight is 377 g/mol. The van der Waals surface area contributed by atoms with Gasteiger partial charge in [0.2, 0.25) is 0 Å². The van der Waals surface area contributed by atoms with Gasteiger partial charge in [0.15, 0.2) is 0 Å². The maximum absolute atomic E-state index is 10.5. The molecule has 2 atom stereocenters. The van der Waals surface area contributed by atoms with Crippen LogP contribution in [0, 0.1) is 0 Å². The summed E-state index contributed by atoms with van der Waals surface area (Å²) in [6, 6.07) is 0. The fraction of sp³-hybridized carbons (Fsp3) is 0.708. The SMILES string of the molecule is CCCCCCCCC/C=C/C/C=C/C/C=C/CC1OC1CCCC(=O)O. The number of carbonyl (C=O) groups is 1. The largest absolute Gasteiger partial charge is 0.481 e. The van der Waals surface area contributed by atoms with Crippen LogP contribution < -0.4 is 0 Å². The maximum atomic E-state index is 10.5. The second-order valence-electron chi connectivity index (χ2n) is 7.53. The molecule has 0 aliphatic carbocycles. The first-order valence-corrected chi connectivity index (χ1v) is 11.1. The number of hydrogen-bond donors (Lipinski definition) is 1. The van der Waals surface area contributed by atoms with E-state index in [2.05, 4.69) is 43.4 Å². The third-order valence-corrected chi connectivity index (χ3v) is 4.95. The van der Waals surface area contributed by atoms with Crippen molar-refractivity contribution in [2.45, 2.75) is 109 Å². The van der Waals surface area contributed by atoms with Crippen LogP contribution in [0.2, 0.25) is 0 Å². The first-order valence-electron chi connectivity index (χ1n) is 11.1. The van der Waals surface area contributed by atoms with Crippen LogP contribution in [-0.2, 0) is 9.53 Å². The molecule has 1 heterocycles. The van der Waals surface area contributed by atoms with Gasteiger partial charge in [-0.3, -0.25) is 4.79 Å². The maximum Gasteiger partial charge on any atom is 0.303 e. The van der Waals surface area contributed by atoms with Gasteiger partial charge in [0.25, 0.3) is 0 Å². The quantitative estimate of drug-likeness (QED) is 0.159. The Hall–Kier alpha value is -1.35. The van der Waals surface area contributed by atoms with Crippen molar-refractivity contribution < 1.29 is 14.6 Å². The summed E-state index contributed by atoms with van der Waals surface area (Å²) in [4.78, 5) is 10.5. The molecule has 0 saturated carbocycles. The van der Waals surface area contributed by atoms with Crippen molar-refractivity contribution in [2.24, 2.45) is 0 Å². The van der Waals surface area contributed by atoms with Gasteiger partial charge in [-0.2, -0.15) is 0 Å². The number of rotatable bonds is 18. The highest BCUT2D eigenvalue weighted by atomic mass is 16.6. The van der Waals surface area contributed by atoms with Crippen LogP contribution in [-0.4, -0.2) is 23.3 Å². The minimum absolute atomic E-state index is 0.251. The summed E-state index contributed by atoms with van der Waals surface area (Å²) in [7, 11) is 0. The summed E-state index contributed by atoms with van der Waals surface area (Å²) < 4.78 is 5.55. The van der Waals surface area contributed by atoms with Crippen LogP contribution >= 0.6 is 0 Å². The van der Waals surface area contributed by atoms with Gasteiger partial charge in [0, 0.05) is 6.42 Å². The molecule has 1 aliphatic rings. The number of carboxylic acid groups (broad SMARTS) is 1. The summed E-state index contributed by atoms with van der Waals surface area (Å²) in [5.74, 6) is -0.716. The number of allylic oxidation sites excluding steroid dienone is 5. The van der Waals surface area contributed by atoms with Crippen LogP contribution in [0.5, 0.6) is 0 Å². The molecule has 0 aromatic rings. The van der Waals surface area contributed by atoms with Crippen LogP contribution in [0.3, 0.4) is 0 Å². The molecule has 0 aromatic carbocycles. The van der Waals surface area contributed by atoms with E-state index in [4.69, 9.17) is 9.84 Å². The smallest absolute Gasteiger partial charge is 0.303 e. The van der Waals surface area contributed by atoms with Crippen molar-refractivity contribution in [1.82, 2.24) is 0 Å². The third kappa shape index (κ3) is 15.4. The van der Waals surface area contributed by atoms with E-state index >= 15 is 0 Å². The van der Waals surface area contributed by atoms with E-state index in [1.54, 1.807) is 0 Å². The fourth-order valence-electron chi connectivity index (χ4n) is 3.20. The third-order valence-electron chi connectivity index (χ3n) is 4.95. The molecule has 1 saturated heterocycles. The topological polar surface area (TPSA) is 49.8 Å². The van der Waals surface area contributed by atoms with Crippen LogP contribution in [0.25, 0.3) is 0 Å². The molecule has 0 radical (unpaired) electrons. The number of carboxylic acids is 1. The lowest BCUT2D eigenvalue weighted by atomic mass is 10.1. The summed E-state index contributed by atoms with van der Waals surface area (Å²) in [6.07, 6.45) is 29.7. The molecular weight excluding hydrogens is 336 g/mol. The van der Waals surface area contributed by atoms with Crippen molar-refractivity contribution in [3.8, 4) is 0 Å². The number of hydrogen-bond acceptors (Lipinski definition) is 2. The number of epoxide rings is 1. The van der Waals surface area contributed by atoms with E-state index in [0.717, 1.165) is 32.1 Å². The second-order valence-corrected chi connectivity index (χ2v) is 7.53. The van der Waals surface area contributed by atoms with Crippen molar-refractivity contribution >= 4 is 5.97 Å². The summed E-state index contributed by atoms with van der Waals surface area (Å²) >= 11 is 0. The average Bonchev–Trinajstić information content (AvgIpc) is 3.39. The predicted octanol–water partition coefficient (Wildman–Crippen LogP) is 6.99. The van der Waals surface area contributed by atoms with Crippen LogP contribution in [0.4, 0.5) is 0 Å². The lowest BCUT2D eigenvalue weighted by Crippen LogP contribution is -1.97. The Labute approximate surface area is 166 Å². The van der Waals surface area contributed by atoms with Gasteiger partial charge < -0.3 is 9.84 Å². The summed E-state index contributed by atoms with van der Waals surface area (Å²) in [5.41, 5.74) is 0. The van der Waals surface area contributed by atoms with Gasteiger partial charge in [-0.1, -0.05) is 81.9 Å². The van der Waals surface area contributed by atoms with Crippen molar-refractivity contribution in [1.29, 1.82) is 0 Å². The second kappa shape index (κ2) is 16.8. The highest BCUT2D eigenvalue weighted by Gasteiger charge is 2.36. The fourth-order valence-corrected chi connectivity index (χ4v) is 3.20. The Morgan fingerprint density at radius 2 is 1.44 bits per heavy atom. The minimum Gasteiger partial charge on any atom is -0.481 e. The number of unbranched alkanes of at least 4 members (excludes halogenated alkanes) is 7. The highest BCUT2D eigenvalue weighted by Crippen LogP contribution is 2.30. The first kappa shape index (κ1) is 23.7. The van der Waals surface area contributed by atoms with Crippen LogP contribution in [0.1, 0.15) is 96.8 Å².